The number of nitriles is 1. The Labute approximate surface area is 155 Å². The minimum Gasteiger partial charge on any atom is -0.383 e. The lowest BCUT2D eigenvalue weighted by Crippen LogP contribution is -2.27. The molecule has 26 heavy (non-hydrogen) atoms. The number of ether oxygens (including phenoxy) is 1. The molecule has 1 amide bonds. The first kappa shape index (κ1) is 19.5. The molecule has 136 valence electrons. The minimum absolute atomic E-state index is 0.107. The molecule has 1 unspecified atom stereocenters. The number of aromatic nitrogens is 1. The van der Waals surface area contributed by atoms with Gasteiger partial charge in [-0.1, -0.05) is 18.2 Å². The molecule has 0 spiro atoms. The molecule has 0 fully saturated rings. The molecule has 2 aromatic rings. The molecule has 0 aliphatic heterocycles. The summed E-state index contributed by atoms with van der Waals surface area (Å²) in [7, 11) is 3.35. The minimum atomic E-state index is -0.326. The molecule has 0 saturated heterocycles. The second-order valence-corrected chi connectivity index (χ2v) is 6.37. The first-order chi connectivity index (χ1) is 12.4. The van der Waals surface area contributed by atoms with E-state index in [1.54, 1.807) is 20.2 Å². The number of benzene rings is 1. The third kappa shape index (κ3) is 4.04. The SMILES string of the molecule is COCC(C)n1c(C)cc(/C=C(\C#N)C(=O)N(C)c2ccccc2)c1C. The van der Waals surface area contributed by atoms with Crippen LogP contribution in [0.3, 0.4) is 0 Å². The normalized spacial score (nSPS) is 12.5. The molecule has 1 heterocycles. The maximum Gasteiger partial charge on any atom is 0.268 e. The maximum atomic E-state index is 12.7. The molecule has 5 heteroatoms. The lowest BCUT2D eigenvalue weighted by molar-refractivity contribution is -0.114. The standard InChI is InChI=1S/C21H25N3O2/c1-15-11-18(17(3)24(15)16(2)14-26-5)12-19(13-22)21(25)23(4)20-9-7-6-8-10-20/h6-12,16H,14H2,1-5H3/b19-12+. The van der Waals surface area contributed by atoms with Crippen LogP contribution in [0.5, 0.6) is 0 Å². The molecular formula is C21H25N3O2. The first-order valence-electron chi connectivity index (χ1n) is 8.53. The Morgan fingerprint density at radius 3 is 2.58 bits per heavy atom. The number of hydrogen-bond donors (Lipinski definition) is 0. The molecule has 0 N–H and O–H groups in total. The van der Waals surface area contributed by atoms with Crippen LogP contribution in [0.25, 0.3) is 6.08 Å². The van der Waals surface area contributed by atoms with Crippen molar-refractivity contribution in [3.8, 4) is 6.07 Å². The second kappa shape index (κ2) is 8.50. The molecule has 0 aliphatic carbocycles. The zero-order chi connectivity index (χ0) is 19.3. The number of methoxy groups -OCH3 is 1. The van der Waals surface area contributed by atoms with Gasteiger partial charge in [-0.25, -0.2) is 0 Å². The summed E-state index contributed by atoms with van der Waals surface area (Å²) in [5.74, 6) is -0.326. The number of anilines is 1. The Balaban J connectivity index is 2.36. The summed E-state index contributed by atoms with van der Waals surface area (Å²) in [5, 5.41) is 9.52. The van der Waals surface area contributed by atoms with Crippen molar-refractivity contribution in [2.24, 2.45) is 0 Å². The Bertz CT molecular complexity index is 844. The van der Waals surface area contributed by atoms with E-state index in [0.29, 0.717) is 6.61 Å². The number of amides is 1. The van der Waals surface area contributed by atoms with E-state index in [4.69, 9.17) is 4.74 Å². The smallest absolute Gasteiger partial charge is 0.268 e. The molecule has 1 aromatic heterocycles. The highest BCUT2D eigenvalue weighted by Gasteiger charge is 2.18. The summed E-state index contributed by atoms with van der Waals surface area (Å²) in [4.78, 5) is 14.2. The Morgan fingerprint density at radius 2 is 2.00 bits per heavy atom. The molecule has 1 atom stereocenters. The summed E-state index contributed by atoms with van der Waals surface area (Å²) < 4.78 is 7.41. The number of para-hydroxylation sites is 1. The van der Waals surface area contributed by atoms with E-state index in [0.717, 1.165) is 22.6 Å². The molecular weight excluding hydrogens is 326 g/mol. The van der Waals surface area contributed by atoms with Crippen LogP contribution in [0.4, 0.5) is 5.69 Å². The average Bonchev–Trinajstić information content (AvgIpc) is 2.92. The van der Waals surface area contributed by atoms with E-state index in [-0.39, 0.29) is 17.5 Å². The van der Waals surface area contributed by atoms with Crippen LogP contribution >= 0.6 is 0 Å². The third-order valence-corrected chi connectivity index (χ3v) is 4.47. The van der Waals surface area contributed by atoms with E-state index in [9.17, 15) is 10.1 Å². The molecule has 0 bridgehead atoms. The van der Waals surface area contributed by atoms with Crippen LogP contribution in [-0.2, 0) is 9.53 Å². The van der Waals surface area contributed by atoms with Gasteiger partial charge in [-0.05, 0) is 50.6 Å². The summed E-state index contributed by atoms with van der Waals surface area (Å²) in [5.41, 5.74) is 3.81. The van der Waals surface area contributed by atoms with E-state index >= 15 is 0 Å². The number of nitrogens with zero attached hydrogens (tertiary/aromatic N) is 3. The van der Waals surface area contributed by atoms with Gasteiger partial charge in [0.2, 0.25) is 0 Å². The Kier molecular flexibility index (Phi) is 6.37. The molecule has 0 radical (unpaired) electrons. The summed E-state index contributed by atoms with van der Waals surface area (Å²) in [6.07, 6.45) is 1.67. The molecule has 1 aromatic carbocycles. The fourth-order valence-corrected chi connectivity index (χ4v) is 3.19. The third-order valence-electron chi connectivity index (χ3n) is 4.47. The van der Waals surface area contributed by atoms with Crippen molar-refractivity contribution in [2.45, 2.75) is 26.8 Å². The molecule has 2 rings (SSSR count). The zero-order valence-electron chi connectivity index (χ0n) is 16.0. The second-order valence-electron chi connectivity index (χ2n) is 6.37. The topological polar surface area (TPSA) is 58.3 Å². The van der Waals surface area contributed by atoms with Crippen molar-refractivity contribution >= 4 is 17.7 Å². The van der Waals surface area contributed by atoms with Gasteiger partial charge in [0.1, 0.15) is 11.6 Å². The van der Waals surface area contributed by atoms with Crippen molar-refractivity contribution in [2.75, 3.05) is 25.7 Å². The maximum absolute atomic E-state index is 12.7. The van der Waals surface area contributed by atoms with Crippen molar-refractivity contribution in [3.05, 3.63) is 58.9 Å². The van der Waals surface area contributed by atoms with Crippen molar-refractivity contribution < 1.29 is 9.53 Å². The first-order valence-corrected chi connectivity index (χ1v) is 8.53. The lowest BCUT2D eigenvalue weighted by atomic mass is 10.1. The predicted molar refractivity (Wildman–Crippen MR) is 104 cm³/mol. The van der Waals surface area contributed by atoms with Crippen molar-refractivity contribution in [3.63, 3.8) is 0 Å². The quantitative estimate of drug-likeness (QED) is 0.586. The number of carbonyl (C=O) groups is 1. The molecule has 0 saturated carbocycles. The van der Waals surface area contributed by atoms with E-state index < -0.39 is 0 Å². The number of aryl methyl sites for hydroxylation is 1. The van der Waals surface area contributed by atoms with Gasteiger partial charge in [-0.3, -0.25) is 4.79 Å². The fourth-order valence-electron chi connectivity index (χ4n) is 3.19. The van der Waals surface area contributed by atoms with Gasteiger partial charge in [0.25, 0.3) is 5.91 Å². The van der Waals surface area contributed by atoms with Gasteiger partial charge in [-0.2, -0.15) is 5.26 Å². The van der Waals surface area contributed by atoms with Gasteiger partial charge < -0.3 is 14.2 Å². The van der Waals surface area contributed by atoms with E-state index in [2.05, 4.69) is 11.5 Å². The van der Waals surface area contributed by atoms with Crippen LogP contribution in [0, 0.1) is 25.2 Å². The number of carbonyl (C=O) groups excluding carboxylic acids is 1. The highest BCUT2D eigenvalue weighted by atomic mass is 16.5. The van der Waals surface area contributed by atoms with Crippen LogP contribution in [-0.4, -0.2) is 31.2 Å². The van der Waals surface area contributed by atoms with Gasteiger partial charge in [0.05, 0.1) is 12.6 Å². The van der Waals surface area contributed by atoms with Crippen LogP contribution in [0.15, 0.2) is 42.0 Å². The van der Waals surface area contributed by atoms with Gasteiger partial charge in [-0.15, -0.1) is 0 Å². The Morgan fingerprint density at radius 1 is 1.35 bits per heavy atom. The zero-order valence-corrected chi connectivity index (χ0v) is 16.0. The highest BCUT2D eigenvalue weighted by Crippen LogP contribution is 2.23. The van der Waals surface area contributed by atoms with Crippen LogP contribution in [0.1, 0.15) is 29.9 Å². The summed E-state index contributed by atoms with van der Waals surface area (Å²) in [6.45, 7) is 6.68. The molecule has 5 nitrogen and oxygen atoms in total. The number of rotatable bonds is 6. The fraction of sp³-hybridized carbons (Fsp3) is 0.333. The number of hydrogen-bond acceptors (Lipinski definition) is 3. The lowest BCUT2D eigenvalue weighted by Gasteiger charge is -2.18. The van der Waals surface area contributed by atoms with E-state index in [1.165, 1.54) is 4.90 Å². The van der Waals surface area contributed by atoms with Crippen molar-refractivity contribution in [1.29, 1.82) is 5.26 Å². The summed E-state index contributed by atoms with van der Waals surface area (Å²) >= 11 is 0. The van der Waals surface area contributed by atoms with Gasteiger partial charge in [0, 0.05) is 31.2 Å². The van der Waals surface area contributed by atoms with E-state index in [1.807, 2.05) is 56.3 Å². The average molecular weight is 351 g/mol. The molecule has 0 aliphatic rings. The Hall–Kier alpha value is -2.84. The number of likely N-dealkylation sites (N-methyl/N-ethyl adjacent to an activating group) is 1. The van der Waals surface area contributed by atoms with Gasteiger partial charge in [0.15, 0.2) is 0 Å². The van der Waals surface area contributed by atoms with Crippen LogP contribution in [0.2, 0.25) is 0 Å². The van der Waals surface area contributed by atoms with Crippen LogP contribution < -0.4 is 4.90 Å². The highest BCUT2D eigenvalue weighted by molar-refractivity contribution is 6.10. The summed E-state index contributed by atoms with van der Waals surface area (Å²) in [6, 6.07) is 13.5. The largest absolute Gasteiger partial charge is 0.383 e. The van der Waals surface area contributed by atoms with Crippen molar-refractivity contribution in [1.82, 2.24) is 4.57 Å². The predicted octanol–water partition coefficient (Wildman–Crippen LogP) is 3.88. The van der Waals surface area contributed by atoms with Gasteiger partial charge >= 0.3 is 0 Å². The monoisotopic (exact) mass is 351 g/mol.